The molecule has 0 spiro atoms. The summed E-state index contributed by atoms with van der Waals surface area (Å²) in [5.41, 5.74) is -0.300. The van der Waals surface area contributed by atoms with E-state index in [4.69, 9.17) is 4.52 Å². The van der Waals surface area contributed by atoms with Crippen LogP contribution in [0, 0.1) is 5.92 Å². The second-order valence-electron chi connectivity index (χ2n) is 8.85. The maximum Gasteiger partial charge on any atom is 0.246 e. The van der Waals surface area contributed by atoms with Gasteiger partial charge in [-0.2, -0.15) is 0 Å². The van der Waals surface area contributed by atoms with Crippen LogP contribution >= 0.6 is 0 Å². The van der Waals surface area contributed by atoms with Crippen LogP contribution in [0.4, 0.5) is 5.82 Å². The lowest BCUT2D eigenvalue weighted by Gasteiger charge is -2.25. The third-order valence-electron chi connectivity index (χ3n) is 4.99. The second-order valence-corrected chi connectivity index (χ2v) is 13.4. The van der Waals surface area contributed by atoms with Gasteiger partial charge < -0.3 is 9.84 Å². The summed E-state index contributed by atoms with van der Waals surface area (Å²) < 4.78 is 53.8. The molecule has 2 rings (SSSR count). The van der Waals surface area contributed by atoms with Gasteiger partial charge in [-0.3, -0.25) is 4.79 Å². The summed E-state index contributed by atoms with van der Waals surface area (Å²) in [4.78, 5) is 12.7. The summed E-state index contributed by atoms with van der Waals surface area (Å²) in [5.74, 6) is -0.589. The topological polar surface area (TPSA) is 127 Å². The maximum atomic E-state index is 12.9. The van der Waals surface area contributed by atoms with Crippen LogP contribution in [0.15, 0.2) is 10.6 Å². The predicted octanol–water partition coefficient (Wildman–Crippen LogP) is 1.39. The number of carbonyl (C=O) groups excluding carboxylic acids is 1. The summed E-state index contributed by atoms with van der Waals surface area (Å²) in [5, 5.41) is 6.29. The van der Waals surface area contributed by atoms with Crippen molar-refractivity contribution in [1.29, 1.82) is 0 Å². The lowest BCUT2D eigenvalue weighted by molar-refractivity contribution is -0.117. The van der Waals surface area contributed by atoms with Crippen LogP contribution in [0.5, 0.6) is 0 Å². The van der Waals surface area contributed by atoms with Crippen molar-refractivity contribution in [2.24, 2.45) is 5.92 Å². The first-order valence-electron chi connectivity index (χ1n) is 9.00. The number of carbonyl (C=O) groups is 1. The van der Waals surface area contributed by atoms with Gasteiger partial charge in [0, 0.05) is 24.6 Å². The SMILES string of the molecule is CC(C)(C)c1cc(NC(=O)C(C)(C)S(=O)(=O)CC2CCN(S(C)(=O)=O)C2)no1. The van der Waals surface area contributed by atoms with Crippen molar-refractivity contribution < 1.29 is 26.2 Å². The Bertz CT molecular complexity index is 942. The van der Waals surface area contributed by atoms with Gasteiger partial charge >= 0.3 is 0 Å². The number of aromatic nitrogens is 1. The molecular weight excluding hydrogens is 406 g/mol. The summed E-state index contributed by atoms with van der Waals surface area (Å²) in [6.07, 6.45) is 1.55. The van der Waals surface area contributed by atoms with E-state index in [-0.39, 0.29) is 29.4 Å². The average molecular weight is 436 g/mol. The molecule has 9 nitrogen and oxygen atoms in total. The average Bonchev–Trinajstić information content (AvgIpc) is 3.14. The van der Waals surface area contributed by atoms with Crippen LogP contribution in [0.2, 0.25) is 0 Å². The molecule has 160 valence electrons. The van der Waals surface area contributed by atoms with E-state index in [1.165, 1.54) is 18.2 Å². The van der Waals surface area contributed by atoms with Crippen LogP contribution in [0.25, 0.3) is 0 Å². The highest BCUT2D eigenvalue weighted by atomic mass is 32.2. The molecule has 1 aliphatic heterocycles. The predicted molar refractivity (Wildman–Crippen MR) is 106 cm³/mol. The first-order chi connectivity index (χ1) is 12.5. The minimum absolute atomic E-state index is 0.147. The van der Waals surface area contributed by atoms with E-state index in [1.54, 1.807) is 6.07 Å². The molecule has 1 N–H and O–H groups in total. The molecule has 11 heteroatoms. The van der Waals surface area contributed by atoms with Gasteiger partial charge in [-0.25, -0.2) is 21.1 Å². The lowest BCUT2D eigenvalue weighted by Crippen LogP contribution is -2.47. The van der Waals surface area contributed by atoms with Gasteiger partial charge in [0.2, 0.25) is 15.9 Å². The van der Waals surface area contributed by atoms with Crippen LogP contribution in [-0.4, -0.2) is 62.0 Å². The molecule has 0 aromatic carbocycles. The molecular formula is C17H29N3O6S2. The van der Waals surface area contributed by atoms with E-state index in [0.717, 1.165) is 6.26 Å². The van der Waals surface area contributed by atoms with Crippen molar-refractivity contribution in [3.63, 3.8) is 0 Å². The second kappa shape index (κ2) is 7.42. The standard InChI is InChI=1S/C17H29N3O6S2/c1-16(2,3)13-9-14(19-26-13)18-15(21)17(4,5)28(24,25)11-12-7-8-20(10-12)27(6,22)23/h9,12H,7-8,10-11H2,1-6H3,(H,18,19,21). The number of nitrogens with zero attached hydrogens (tertiary/aromatic N) is 2. The highest BCUT2D eigenvalue weighted by Gasteiger charge is 2.44. The zero-order chi connectivity index (χ0) is 21.5. The molecule has 1 saturated heterocycles. The summed E-state index contributed by atoms with van der Waals surface area (Å²) in [6, 6.07) is 1.57. The molecule has 1 aromatic rings. The quantitative estimate of drug-likeness (QED) is 0.715. The Labute approximate surface area is 166 Å². The zero-order valence-electron chi connectivity index (χ0n) is 17.1. The Morgan fingerprint density at radius 2 is 1.86 bits per heavy atom. The van der Waals surface area contributed by atoms with E-state index in [9.17, 15) is 21.6 Å². The minimum atomic E-state index is -3.85. The summed E-state index contributed by atoms with van der Waals surface area (Å²) in [6.45, 7) is 8.89. The molecule has 2 heterocycles. The molecule has 0 saturated carbocycles. The number of rotatable bonds is 6. The third-order valence-corrected chi connectivity index (χ3v) is 8.91. The Hall–Kier alpha value is -1.46. The molecule has 1 aliphatic rings. The Balaban J connectivity index is 2.09. The smallest absolute Gasteiger partial charge is 0.246 e. The number of hydrogen-bond donors (Lipinski definition) is 1. The van der Waals surface area contributed by atoms with Crippen molar-refractivity contribution in [1.82, 2.24) is 9.46 Å². The van der Waals surface area contributed by atoms with Crippen LogP contribution in [-0.2, 0) is 30.1 Å². The molecule has 28 heavy (non-hydrogen) atoms. The van der Waals surface area contributed by atoms with Gasteiger partial charge in [0.25, 0.3) is 0 Å². The fraction of sp³-hybridized carbons (Fsp3) is 0.765. The number of sulfonamides is 1. The third kappa shape index (κ3) is 4.93. The van der Waals surface area contributed by atoms with Crippen LogP contribution in [0.1, 0.15) is 46.8 Å². The number of amides is 1. The summed E-state index contributed by atoms with van der Waals surface area (Å²) in [7, 11) is -7.20. The van der Waals surface area contributed by atoms with Gasteiger partial charge in [0.05, 0.1) is 12.0 Å². The molecule has 1 aromatic heterocycles. The van der Waals surface area contributed by atoms with Crippen molar-refractivity contribution >= 4 is 31.6 Å². The fourth-order valence-electron chi connectivity index (χ4n) is 2.85. The zero-order valence-corrected chi connectivity index (χ0v) is 18.8. The minimum Gasteiger partial charge on any atom is -0.359 e. The molecule has 1 atom stereocenters. The number of sulfone groups is 1. The normalized spacial score (nSPS) is 19.7. The van der Waals surface area contributed by atoms with Crippen molar-refractivity contribution in [2.45, 2.75) is 51.2 Å². The number of anilines is 1. The fourth-order valence-corrected chi connectivity index (χ4v) is 5.41. The van der Waals surface area contributed by atoms with E-state index in [2.05, 4.69) is 10.5 Å². The van der Waals surface area contributed by atoms with Gasteiger partial charge in [-0.15, -0.1) is 0 Å². The first-order valence-corrected chi connectivity index (χ1v) is 12.5. The lowest BCUT2D eigenvalue weighted by atomic mass is 9.93. The number of hydrogen-bond acceptors (Lipinski definition) is 7. The molecule has 1 fully saturated rings. The van der Waals surface area contributed by atoms with Crippen LogP contribution < -0.4 is 5.32 Å². The monoisotopic (exact) mass is 435 g/mol. The van der Waals surface area contributed by atoms with Crippen molar-refractivity contribution in [3.05, 3.63) is 11.8 Å². The molecule has 1 amide bonds. The van der Waals surface area contributed by atoms with E-state index in [0.29, 0.717) is 18.7 Å². The van der Waals surface area contributed by atoms with Gasteiger partial charge in [-0.05, 0) is 26.2 Å². The highest BCUT2D eigenvalue weighted by molar-refractivity contribution is 7.93. The van der Waals surface area contributed by atoms with Crippen molar-refractivity contribution in [3.8, 4) is 0 Å². The molecule has 0 bridgehead atoms. The maximum absolute atomic E-state index is 12.9. The largest absolute Gasteiger partial charge is 0.359 e. The van der Waals surface area contributed by atoms with Gasteiger partial charge in [0.15, 0.2) is 15.7 Å². The Kier molecular flexibility index (Phi) is 6.05. The first kappa shape index (κ1) is 22.8. The van der Waals surface area contributed by atoms with E-state index < -0.39 is 30.5 Å². The van der Waals surface area contributed by atoms with E-state index >= 15 is 0 Å². The molecule has 1 unspecified atom stereocenters. The Morgan fingerprint density at radius 1 is 1.25 bits per heavy atom. The Morgan fingerprint density at radius 3 is 2.32 bits per heavy atom. The van der Waals surface area contributed by atoms with Crippen LogP contribution in [0.3, 0.4) is 0 Å². The van der Waals surface area contributed by atoms with Gasteiger partial charge in [0.1, 0.15) is 10.5 Å². The van der Waals surface area contributed by atoms with Gasteiger partial charge in [-0.1, -0.05) is 25.9 Å². The molecule has 0 radical (unpaired) electrons. The highest BCUT2D eigenvalue weighted by Crippen LogP contribution is 2.28. The van der Waals surface area contributed by atoms with Crippen molar-refractivity contribution in [2.75, 3.05) is 30.4 Å². The van der Waals surface area contributed by atoms with E-state index in [1.807, 2.05) is 20.8 Å². The number of nitrogens with one attached hydrogen (secondary N) is 1. The molecule has 0 aliphatic carbocycles. The summed E-state index contributed by atoms with van der Waals surface area (Å²) >= 11 is 0.